The number of benzene rings is 2. The van der Waals surface area contributed by atoms with E-state index >= 15 is 0 Å². The molecule has 1 aliphatic heterocycles. The summed E-state index contributed by atoms with van der Waals surface area (Å²) in [6, 6.07) is 11.3. The molecule has 6 nitrogen and oxygen atoms in total. The number of hydrogen-bond donors (Lipinski definition) is 2. The number of fused-ring (bicyclic) bond motifs is 1. The van der Waals surface area contributed by atoms with E-state index in [1.165, 1.54) is 0 Å². The van der Waals surface area contributed by atoms with Gasteiger partial charge in [-0.05, 0) is 61.2 Å². The summed E-state index contributed by atoms with van der Waals surface area (Å²) in [6.45, 7) is 2.41. The lowest BCUT2D eigenvalue weighted by Gasteiger charge is -2.17. The zero-order valence-electron chi connectivity index (χ0n) is 15.6. The van der Waals surface area contributed by atoms with Gasteiger partial charge in [-0.1, -0.05) is 6.07 Å². The Kier molecular flexibility index (Phi) is 5.96. The number of rotatable bonds is 7. The van der Waals surface area contributed by atoms with Crippen LogP contribution in [0.1, 0.15) is 30.4 Å². The molecule has 0 aliphatic carbocycles. The molecule has 1 heterocycles. The van der Waals surface area contributed by atoms with Crippen molar-refractivity contribution in [1.29, 1.82) is 0 Å². The van der Waals surface area contributed by atoms with Crippen molar-refractivity contribution in [2.45, 2.75) is 32.6 Å². The van der Waals surface area contributed by atoms with Crippen LogP contribution >= 0.6 is 0 Å². The average Bonchev–Trinajstić information content (AvgIpc) is 2.65. The zero-order chi connectivity index (χ0) is 19.2. The molecule has 0 saturated heterocycles. The molecular formula is C21H24N2O4. The maximum atomic E-state index is 12.2. The number of aryl methyl sites for hydroxylation is 2. The second-order valence-corrected chi connectivity index (χ2v) is 6.57. The Balaban J connectivity index is 1.46. The fourth-order valence-corrected chi connectivity index (χ4v) is 3.00. The fourth-order valence-electron chi connectivity index (χ4n) is 3.00. The molecule has 3 rings (SSSR count). The maximum absolute atomic E-state index is 12.2. The molecule has 27 heavy (non-hydrogen) atoms. The van der Waals surface area contributed by atoms with Gasteiger partial charge in [0.15, 0.2) is 0 Å². The summed E-state index contributed by atoms with van der Waals surface area (Å²) < 4.78 is 11.0. The molecule has 0 bridgehead atoms. The van der Waals surface area contributed by atoms with Crippen molar-refractivity contribution in [3.63, 3.8) is 0 Å². The second kappa shape index (κ2) is 8.58. The first-order valence-corrected chi connectivity index (χ1v) is 9.05. The van der Waals surface area contributed by atoms with Gasteiger partial charge in [-0.2, -0.15) is 0 Å². The van der Waals surface area contributed by atoms with Crippen molar-refractivity contribution in [3.05, 3.63) is 47.5 Å². The number of ether oxygens (including phenoxy) is 2. The minimum absolute atomic E-state index is 0.0485. The molecule has 2 aromatic rings. The first-order valence-electron chi connectivity index (χ1n) is 9.05. The molecule has 0 aromatic heterocycles. The van der Waals surface area contributed by atoms with Crippen LogP contribution in [0.25, 0.3) is 0 Å². The Morgan fingerprint density at radius 1 is 1.19 bits per heavy atom. The predicted molar refractivity (Wildman–Crippen MR) is 104 cm³/mol. The van der Waals surface area contributed by atoms with Crippen LogP contribution in [-0.4, -0.2) is 25.5 Å². The van der Waals surface area contributed by atoms with Crippen LogP contribution in [0.5, 0.6) is 11.5 Å². The van der Waals surface area contributed by atoms with E-state index in [-0.39, 0.29) is 11.8 Å². The van der Waals surface area contributed by atoms with Crippen LogP contribution in [0.2, 0.25) is 0 Å². The molecule has 0 saturated carbocycles. The van der Waals surface area contributed by atoms with Crippen molar-refractivity contribution in [2.75, 3.05) is 24.4 Å². The molecule has 0 radical (unpaired) electrons. The number of anilines is 2. The Labute approximate surface area is 158 Å². The number of methoxy groups -OCH3 is 1. The van der Waals surface area contributed by atoms with Gasteiger partial charge < -0.3 is 20.1 Å². The minimum Gasteiger partial charge on any atom is -0.495 e. The highest BCUT2D eigenvalue weighted by atomic mass is 16.5. The highest BCUT2D eigenvalue weighted by Gasteiger charge is 2.15. The van der Waals surface area contributed by atoms with Crippen LogP contribution in [0.4, 0.5) is 11.4 Å². The van der Waals surface area contributed by atoms with E-state index in [9.17, 15) is 9.59 Å². The standard InChI is InChI=1S/C21H24N2O4/c1-14-5-9-19(26-2)18(12-14)23-20(24)4-3-11-27-16-7-8-17-15(13-16)6-10-21(25)22-17/h5,7-9,12-13H,3-4,6,10-11H2,1-2H3,(H,22,25)(H,23,24). The van der Waals surface area contributed by atoms with E-state index in [1.54, 1.807) is 7.11 Å². The highest BCUT2D eigenvalue weighted by Crippen LogP contribution is 2.27. The predicted octanol–water partition coefficient (Wildman–Crippen LogP) is 3.69. The van der Waals surface area contributed by atoms with Gasteiger partial charge in [-0.15, -0.1) is 0 Å². The van der Waals surface area contributed by atoms with Gasteiger partial charge in [0, 0.05) is 18.5 Å². The molecule has 2 aromatic carbocycles. The smallest absolute Gasteiger partial charge is 0.224 e. The Bertz CT molecular complexity index is 848. The second-order valence-electron chi connectivity index (χ2n) is 6.57. The van der Waals surface area contributed by atoms with Gasteiger partial charge in [-0.3, -0.25) is 9.59 Å². The maximum Gasteiger partial charge on any atom is 0.224 e. The normalized spacial score (nSPS) is 12.7. The molecule has 0 fully saturated rings. The third-order valence-corrected chi connectivity index (χ3v) is 4.42. The largest absolute Gasteiger partial charge is 0.495 e. The SMILES string of the molecule is COc1ccc(C)cc1NC(=O)CCCOc1ccc2c(c1)CCC(=O)N2. The van der Waals surface area contributed by atoms with Gasteiger partial charge in [0.25, 0.3) is 0 Å². The number of nitrogens with one attached hydrogen (secondary N) is 2. The summed E-state index contributed by atoms with van der Waals surface area (Å²) in [5, 5.41) is 5.73. The highest BCUT2D eigenvalue weighted by molar-refractivity contribution is 5.94. The molecule has 142 valence electrons. The van der Waals surface area contributed by atoms with Crippen molar-refractivity contribution in [2.24, 2.45) is 0 Å². The molecule has 0 unspecified atom stereocenters. The van der Waals surface area contributed by atoms with Crippen LogP contribution in [0, 0.1) is 6.92 Å². The number of amides is 2. The lowest BCUT2D eigenvalue weighted by molar-refractivity contribution is -0.117. The number of carbonyl (C=O) groups excluding carboxylic acids is 2. The van der Waals surface area contributed by atoms with Crippen LogP contribution in [0.3, 0.4) is 0 Å². The fraction of sp³-hybridized carbons (Fsp3) is 0.333. The van der Waals surface area contributed by atoms with E-state index in [0.29, 0.717) is 37.3 Å². The first-order chi connectivity index (χ1) is 13.0. The molecule has 6 heteroatoms. The van der Waals surface area contributed by atoms with E-state index in [4.69, 9.17) is 9.47 Å². The summed E-state index contributed by atoms with van der Waals surface area (Å²) in [4.78, 5) is 23.6. The van der Waals surface area contributed by atoms with Gasteiger partial charge in [0.2, 0.25) is 11.8 Å². The van der Waals surface area contributed by atoms with Crippen molar-refractivity contribution >= 4 is 23.2 Å². The summed E-state index contributed by atoms with van der Waals surface area (Å²) >= 11 is 0. The molecule has 2 N–H and O–H groups in total. The molecule has 1 aliphatic rings. The first kappa shape index (κ1) is 18.8. The Hall–Kier alpha value is -3.02. The van der Waals surface area contributed by atoms with E-state index in [0.717, 1.165) is 29.0 Å². The van der Waals surface area contributed by atoms with Crippen LogP contribution in [-0.2, 0) is 16.0 Å². The van der Waals surface area contributed by atoms with Gasteiger partial charge in [-0.25, -0.2) is 0 Å². The Morgan fingerprint density at radius 2 is 2.04 bits per heavy atom. The quantitative estimate of drug-likeness (QED) is 0.731. The number of carbonyl (C=O) groups is 2. The molecule has 0 spiro atoms. The van der Waals surface area contributed by atoms with Crippen molar-refractivity contribution in [1.82, 2.24) is 0 Å². The summed E-state index contributed by atoms with van der Waals surface area (Å²) in [5.41, 5.74) is 3.67. The van der Waals surface area contributed by atoms with Crippen molar-refractivity contribution in [3.8, 4) is 11.5 Å². The topological polar surface area (TPSA) is 76.7 Å². The third kappa shape index (κ3) is 5.00. The van der Waals surface area contributed by atoms with Crippen molar-refractivity contribution < 1.29 is 19.1 Å². The summed E-state index contributed by atoms with van der Waals surface area (Å²) in [7, 11) is 1.58. The van der Waals surface area contributed by atoms with Crippen LogP contribution < -0.4 is 20.1 Å². The van der Waals surface area contributed by atoms with Gasteiger partial charge in [0.05, 0.1) is 19.4 Å². The molecular weight excluding hydrogens is 344 g/mol. The van der Waals surface area contributed by atoms with Gasteiger partial charge in [0.1, 0.15) is 11.5 Å². The third-order valence-electron chi connectivity index (χ3n) is 4.42. The zero-order valence-corrected chi connectivity index (χ0v) is 15.6. The Morgan fingerprint density at radius 3 is 2.85 bits per heavy atom. The van der Waals surface area contributed by atoms with E-state index in [2.05, 4.69) is 10.6 Å². The molecule has 0 atom stereocenters. The minimum atomic E-state index is -0.0735. The lowest BCUT2D eigenvalue weighted by Crippen LogP contribution is -2.18. The van der Waals surface area contributed by atoms with E-state index in [1.807, 2.05) is 43.3 Å². The lowest BCUT2D eigenvalue weighted by atomic mass is 10.0. The van der Waals surface area contributed by atoms with Gasteiger partial charge >= 0.3 is 0 Å². The van der Waals surface area contributed by atoms with E-state index < -0.39 is 0 Å². The average molecular weight is 368 g/mol. The number of hydrogen-bond acceptors (Lipinski definition) is 4. The summed E-state index contributed by atoms with van der Waals surface area (Å²) in [6.07, 6.45) is 2.18. The summed E-state index contributed by atoms with van der Waals surface area (Å²) in [5.74, 6) is 1.38. The monoisotopic (exact) mass is 368 g/mol. The van der Waals surface area contributed by atoms with Crippen LogP contribution in [0.15, 0.2) is 36.4 Å². The molecule has 2 amide bonds.